The number of ether oxygens (including phenoxy) is 7. The molecule has 2 atom stereocenters. The molecule has 4 rings (SSSR count). The molecule has 4 aliphatic rings. The smallest absolute Gasteiger partial charge is 0.310 e. The van der Waals surface area contributed by atoms with Gasteiger partial charge in [0.1, 0.15) is 18.8 Å². The first-order valence-corrected chi connectivity index (χ1v) is 19.4. The second-order valence-corrected chi connectivity index (χ2v) is 20.5. The average Bonchev–Trinajstić information content (AvgIpc) is 2.99. The van der Waals surface area contributed by atoms with Gasteiger partial charge in [-0.2, -0.15) is 0 Å². The molecule has 53 heavy (non-hydrogen) atoms. The van der Waals surface area contributed by atoms with Crippen LogP contribution in [0.4, 0.5) is 0 Å². The Morgan fingerprint density at radius 3 is 1.45 bits per heavy atom. The van der Waals surface area contributed by atoms with E-state index >= 15 is 0 Å². The Kier molecular flexibility index (Phi) is 13.2. The summed E-state index contributed by atoms with van der Waals surface area (Å²) in [4.78, 5) is 41.2. The van der Waals surface area contributed by atoms with Crippen LogP contribution in [-0.2, 0) is 47.5 Å². The number of carbonyl (C=O) groups excluding carboxylic acids is 3. The van der Waals surface area contributed by atoms with E-state index in [0.29, 0.717) is 52.1 Å². The van der Waals surface area contributed by atoms with E-state index in [-0.39, 0.29) is 47.9 Å². The molecular formula is C40H70N2O11. The normalized spacial score (nSPS) is 30.2. The van der Waals surface area contributed by atoms with E-state index in [2.05, 4.69) is 66.0 Å². The van der Waals surface area contributed by atoms with Gasteiger partial charge in [0.2, 0.25) is 0 Å². The number of aliphatic hydroxyl groups is 1. The highest BCUT2D eigenvalue weighted by atomic mass is 16.7. The maximum absolute atomic E-state index is 14.0. The molecule has 0 aromatic heterocycles. The molecule has 3 N–H and O–H groups in total. The first-order valence-electron chi connectivity index (χ1n) is 19.4. The fraction of sp³-hybridized carbons (Fsp3) is 0.925. The number of carbonyl (C=O) groups is 3. The number of piperidine rings is 2. The summed E-state index contributed by atoms with van der Waals surface area (Å²) in [5, 5.41) is 16.9. The lowest BCUT2D eigenvalue weighted by molar-refractivity contribution is -0.337. The zero-order valence-corrected chi connectivity index (χ0v) is 34.8. The number of rotatable bonds is 12. The molecule has 4 saturated heterocycles. The molecule has 4 fully saturated rings. The van der Waals surface area contributed by atoms with Crippen LogP contribution in [0.2, 0.25) is 0 Å². The van der Waals surface area contributed by atoms with Crippen molar-refractivity contribution in [3.05, 3.63) is 0 Å². The second kappa shape index (κ2) is 15.9. The summed E-state index contributed by atoms with van der Waals surface area (Å²) in [6.45, 7) is 27.0. The largest absolute Gasteiger partial charge is 0.465 e. The number of aliphatic hydroxyl groups excluding tert-OH is 1. The molecule has 0 aromatic carbocycles. The molecule has 0 amide bonds. The van der Waals surface area contributed by atoms with Crippen LogP contribution in [0.3, 0.4) is 0 Å². The van der Waals surface area contributed by atoms with E-state index in [9.17, 15) is 19.5 Å². The molecule has 0 saturated carbocycles. The van der Waals surface area contributed by atoms with Gasteiger partial charge >= 0.3 is 17.9 Å². The van der Waals surface area contributed by atoms with Crippen LogP contribution in [0.5, 0.6) is 0 Å². The van der Waals surface area contributed by atoms with Crippen molar-refractivity contribution in [2.75, 3.05) is 39.6 Å². The van der Waals surface area contributed by atoms with Crippen molar-refractivity contribution in [2.24, 2.45) is 28.1 Å². The van der Waals surface area contributed by atoms with E-state index in [1.807, 2.05) is 27.7 Å². The fourth-order valence-corrected chi connectivity index (χ4v) is 8.68. The van der Waals surface area contributed by atoms with Gasteiger partial charge in [-0.05, 0) is 55.4 Å². The summed E-state index contributed by atoms with van der Waals surface area (Å²) in [6.07, 6.45) is 0.137. The van der Waals surface area contributed by atoms with Crippen LogP contribution in [0, 0.1) is 28.1 Å². The topological polar surface area (TPSA) is 160 Å². The summed E-state index contributed by atoms with van der Waals surface area (Å²) in [6, 6.07) is 0. The van der Waals surface area contributed by atoms with Crippen molar-refractivity contribution in [2.45, 2.75) is 169 Å². The molecule has 4 aliphatic heterocycles. The van der Waals surface area contributed by atoms with Crippen LogP contribution in [0.25, 0.3) is 0 Å². The van der Waals surface area contributed by atoms with E-state index in [4.69, 9.17) is 33.2 Å². The van der Waals surface area contributed by atoms with E-state index in [0.717, 1.165) is 0 Å². The van der Waals surface area contributed by atoms with Crippen molar-refractivity contribution in [1.82, 2.24) is 10.6 Å². The molecule has 0 aliphatic carbocycles. The van der Waals surface area contributed by atoms with E-state index in [1.54, 1.807) is 6.92 Å². The van der Waals surface area contributed by atoms with E-state index < -0.39 is 64.7 Å². The lowest BCUT2D eigenvalue weighted by Crippen LogP contribution is -2.60. The predicted octanol–water partition coefficient (Wildman–Crippen LogP) is 4.65. The third-order valence-electron chi connectivity index (χ3n) is 11.0. The van der Waals surface area contributed by atoms with Gasteiger partial charge in [-0.1, -0.05) is 34.6 Å². The molecule has 2 unspecified atom stereocenters. The van der Waals surface area contributed by atoms with Crippen molar-refractivity contribution < 1.29 is 52.6 Å². The minimum Gasteiger partial charge on any atom is -0.465 e. The van der Waals surface area contributed by atoms with Crippen LogP contribution in [-0.4, -0.2) is 110 Å². The van der Waals surface area contributed by atoms with Crippen molar-refractivity contribution >= 4 is 17.9 Å². The third-order valence-corrected chi connectivity index (χ3v) is 11.0. The minimum atomic E-state index is -1.10. The number of esters is 3. The lowest BCUT2D eigenvalue weighted by atomic mass is 9.80. The number of hydrogen-bond acceptors (Lipinski definition) is 13. The standard InChI is InChI=1S/C40H70N2O11/c1-25(30(45)52-26-15-36(6,7)41-37(8,9)16-26)28(31(46)53-27-17-38(10,11)42-39(12,13)18-27)14-29(44)47-20-35(4,5)33-50-23-40(24-51-33)21-48-32(49-22-40)34(2,3)19-43/h25-28,32-33,41-43H,14-24H2,1-13H3. The van der Waals surface area contributed by atoms with Gasteiger partial charge in [0.15, 0.2) is 12.6 Å². The summed E-state index contributed by atoms with van der Waals surface area (Å²) in [5.41, 5.74) is -2.80. The van der Waals surface area contributed by atoms with Crippen molar-refractivity contribution in [3.63, 3.8) is 0 Å². The van der Waals surface area contributed by atoms with Crippen LogP contribution in [0.1, 0.15) is 122 Å². The Bertz CT molecular complexity index is 1260. The van der Waals surface area contributed by atoms with Gasteiger partial charge in [-0.25, -0.2) is 0 Å². The molecule has 13 heteroatoms. The average molecular weight is 755 g/mol. The molecule has 0 aromatic rings. The Labute approximate surface area is 317 Å². The first-order chi connectivity index (χ1) is 24.2. The summed E-state index contributed by atoms with van der Waals surface area (Å²) in [5.74, 6) is -3.83. The van der Waals surface area contributed by atoms with Gasteiger partial charge < -0.3 is 48.9 Å². The Hall–Kier alpha value is -1.87. The molecule has 306 valence electrons. The van der Waals surface area contributed by atoms with Crippen molar-refractivity contribution in [1.29, 1.82) is 0 Å². The molecule has 1 spiro atoms. The Morgan fingerprint density at radius 2 is 1.06 bits per heavy atom. The molecule has 13 nitrogen and oxygen atoms in total. The van der Waals surface area contributed by atoms with Gasteiger partial charge in [0.25, 0.3) is 0 Å². The Balaban J connectivity index is 1.39. The highest BCUT2D eigenvalue weighted by Crippen LogP contribution is 2.39. The van der Waals surface area contributed by atoms with Crippen LogP contribution < -0.4 is 10.6 Å². The molecular weight excluding hydrogens is 684 g/mol. The maximum Gasteiger partial charge on any atom is 0.310 e. The number of nitrogens with one attached hydrogen (secondary N) is 2. The van der Waals surface area contributed by atoms with E-state index in [1.165, 1.54) is 0 Å². The van der Waals surface area contributed by atoms with Crippen molar-refractivity contribution in [3.8, 4) is 0 Å². The van der Waals surface area contributed by atoms with Gasteiger partial charge in [-0.3, -0.25) is 14.4 Å². The van der Waals surface area contributed by atoms with Crippen LogP contribution >= 0.6 is 0 Å². The highest BCUT2D eigenvalue weighted by Gasteiger charge is 2.49. The fourth-order valence-electron chi connectivity index (χ4n) is 8.68. The molecule has 0 bridgehead atoms. The quantitative estimate of drug-likeness (QED) is 0.187. The van der Waals surface area contributed by atoms with Gasteiger partial charge in [-0.15, -0.1) is 0 Å². The lowest BCUT2D eigenvalue weighted by Gasteiger charge is -2.48. The maximum atomic E-state index is 14.0. The predicted molar refractivity (Wildman–Crippen MR) is 198 cm³/mol. The zero-order chi connectivity index (χ0) is 39.8. The zero-order valence-electron chi connectivity index (χ0n) is 34.8. The second-order valence-electron chi connectivity index (χ2n) is 20.5. The highest BCUT2D eigenvalue weighted by molar-refractivity contribution is 5.86. The SMILES string of the molecule is CC(C(=O)OC1CC(C)(C)NC(C)(C)C1)C(CC(=O)OCC(C)(C)C1OCC2(COC(C(C)(C)CO)OC2)CO1)C(=O)OC1CC(C)(C)NC(C)(C)C1. The van der Waals surface area contributed by atoms with Crippen LogP contribution in [0.15, 0.2) is 0 Å². The summed E-state index contributed by atoms with van der Waals surface area (Å²) in [7, 11) is 0. The minimum absolute atomic E-state index is 0.0419. The number of hydrogen-bond donors (Lipinski definition) is 3. The first kappa shape index (κ1) is 43.9. The third kappa shape index (κ3) is 11.8. The summed E-state index contributed by atoms with van der Waals surface area (Å²) < 4.78 is 42.2. The summed E-state index contributed by atoms with van der Waals surface area (Å²) >= 11 is 0. The molecule has 0 radical (unpaired) electrons. The van der Waals surface area contributed by atoms with Gasteiger partial charge in [0, 0.05) is 58.7 Å². The monoisotopic (exact) mass is 754 g/mol. The molecule has 4 heterocycles. The van der Waals surface area contributed by atoms with Gasteiger partial charge in [0.05, 0.1) is 56.7 Å². The Morgan fingerprint density at radius 1 is 0.679 bits per heavy atom.